The maximum Gasteiger partial charge on any atom is 0.229 e. The Morgan fingerprint density at radius 3 is 2.42 bits per heavy atom. The number of phenolic OH excluding ortho intramolecular Hbond substituents is 2. The highest BCUT2D eigenvalue weighted by molar-refractivity contribution is 5.86. The van der Waals surface area contributed by atoms with Crippen LogP contribution >= 0.6 is 0 Å². The number of hydrogen-bond acceptors (Lipinski definition) is 11. The molecule has 1 saturated heterocycles. The first kappa shape index (κ1) is 22.8. The Morgan fingerprint density at radius 2 is 1.73 bits per heavy atom. The van der Waals surface area contributed by atoms with E-state index in [9.17, 15) is 35.4 Å². The lowest BCUT2D eigenvalue weighted by atomic mass is 9.99. The molecule has 33 heavy (non-hydrogen) atoms. The molecule has 4 rings (SSSR count). The van der Waals surface area contributed by atoms with Crippen molar-refractivity contribution in [2.45, 2.75) is 30.7 Å². The Labute approximate surface area is 186 Å². The summed E-state index contributed by atoms with van der Waals surface area (Å²) in [5.74, 6) is -0.308. The topological polar surface area (TPSA) is 179 Å². The summed E-state index contributed by atoms with van der Waals surface area (Å²) in [6.45, 7) is -0.604. The third-order valence-corrected chi connectivity index (χ3v) is 5.33. The molecule has 1 aliphatic rings. The van der Waals surface area contributed by atoms with Gasteiger partial charge in [-0.1, -0.05) is 0 Å². The van der Waals surface area contributed by atoms with Gasteiger partial charge in [0.15, 0.2) is 16.9 Å². The van der Waals surface area contributed by atoms with Crippen molar-refractivity contribution in [2.75, 3.05) is 13.7 Å². The predicted octanol–water partition coefficient (Wildman–Crippen LogP) is 0.0585. The van der Waals surface area contributed by atoms with Gasteiger partial charge < -0.3 is 49.3 Å². The summed E-state index contributed by atoms with van der Waals surface area (Å²) < 4.78 is 22.0. The Morgan fingerprint density at radius 1 is 0.970 bits per heavy atom. The van der Waals surface area contributed by atoms with Crippen LogP contribution in [-0.4, -0.2) is 75.1 Å². The number of benzene rings is 2. The molecule has 0 saturated carbocycles. The summed E-state index contributed by atoms with van der Waals surface area (Å²) >= 11 is 0. The van der Waals surface area contributed by atoms with Crippen LogP contribution in [-0.2, 0) is 4.74 Å². The van der Waals surface area contributed by atoms with E-state index >= 15 is 0 Å². The minimum atomic E-state index is -1.61. The van der Waals surface area contributed by atoms with E-state index in [1.54, 1.807) is 0 Å². The molecule has 1 fully saturated rings. The summed E-state index contributed by atoms with van der Waals surface area (Å²) in [6, 6.07) is 7.85. The highest BCUT2D eigenvalue weighted by atomic mass is 16.7. The summed E-state index contributed by atoms with van der Waals surface area (Å²) in [5.41, 5.74) is -0.144. The van der Waals surface area contributed by atoms with Crippen molar-refractivity contribution in [1.82, 2.24) is 0 Å². The van der Waals surface area contributed by atoms with Gasteiger partial charge in [0, 0.05) is 23.8 Å². The molecule has 2 heterocycles. The van der Waals surface area contributed by atoms with Crippen molar-refractivity contribution in [2.24, 2.45) is 0 Å². The first-order valence-electron chi connectivity index (χ1n) is 9.89. The fourth-order valence-corrected chi connectivity index (χ4v) is 3.60. The van der Waals surface area contributed by atoms with Crippen LogP contribution in [0.3, 0.4) is 0 Å². The van der Waals surface area contributed by atoms with E-state index in [4.69, 9.17) is 18.6 Å². The molecule has 11 nitrogen and oxygen atoms in total. The van der Waals surface area contributed by atoms with Crippen molar-refractivity contribution in [3.8, 4) is 34.3 Å². The van der Waals surface area contributed by atoms with E-state index in [1.807, 2.05) is 0 Å². The molecule has 6 N–H and O–H groups in total. The van der Waals surface area contributed by atoms with Gasteiger partial charge in [-0.15, -0.1) is 0 Å². The third-order valence-electron chi connectivity index (χ3n) is 5.33. The number of phenols is 2. The number of fused-ring (bicyclic) bond motifs is 1. The van der Waals surface area contributed by atoms with E-state index in [0.29, 0.717) is 5.56 Å². The Bertz CT molecular complexity index is 1220. The zero-order valence-electron chi connectivity index (χ0n) is 17.3. The average Bonchev–Trinajstić information content (AvgIpc) is 2.78. The molecule has 3 aromatic rings. The van der Waals surface area contributed by atoms with Gasteiger partial charge in [0.1, 0.15) is 52.6 Å². The van der Waals surface area contributed by atoms with Gasteiger partial charge in [0.2, 0.25) is 6.29 Å². The van der Waals surface area contributed by atoms with Crippen molar-refractivity contribution >= 4 is 11.0 Å². The largest absolute Gasteiger partial charge is 0.508 e. The number of aromatic hydroxyl groups is 2. The van der Waals surface area contributed by atoms with Gasteiger partial charge in [-0.05, 0) is 18.2 Å². The molecule has 0 aliphatic carbocycles. The minimum absolute atomic E-state index is 0.0180. The molecule has 0 unspecified atom stereocenters. The number of rotatable bonds is 5. The van der Waals surface area contributed by atoms with Crippen LogP contribution in [0.4, 0.5) is 0 Å². The number of aliphatic hydroxyl groups excluding tert-OH is 4. The van der Waals surface area contributed by atoms with Crippen LogP contribution in [0.2, 0.25) is 0 Å². The highest BCUT2D eigenvalue weighted by Gasteiger charge is 2.45. The normalized spacial score (nSPS) is 25.2. The lowest BCUT2D eigenvalue weighted by molar-refractivity contribution is -0.277. The lowest BCUT2D eigenvalue weighted by Gasteiger charge is -2.39. The van der Waals surface area contributed by atoms with Crippen LogP contribution in [0.5, 0.6) is 23.0 Å². The first-order chi connectivity index (χ1) is 15.7. The van der Waals surface area contributed by atoms with Gasteiger partial charge in [-0.2, -0.15) is 0 Å². The summed E-state index contributed by atoms with van der Waals surface area (Å²) in [5, 5.41) is 58.9. The SMILES string of the molecule is COc1cc(-c2cc(=O)c3c(O)cc(O)cc3o2)ccc1O[C@H]1O[C@H](CO)[C@@H](O)[C@H](O)[C@H]1O. The van der Waals surface area contributed by atoms with E-state index in [2.05, 4.69) is 0 Å². The van der Waals surface area contributed by atoms with Gasteiger partial charge >= 0.3 is 0 Å². The Balaban J connectivity index is 1.67. The smallest absolute Gasteiger partial charge is 0.229 e. The van der Waals surface area contributed by atoms with Gasteiger partial charge in [-0.3, -0.25) is 4.79 Å². The quantitative estimate of drug-likeness (QED) is 0.302. The highest BCUT2D eigenvalue weighted by Crippen LogP contribution is 2.36. The zero-order chi connectivity index (χ0) is 23.9. The second-order valence-corrected chi connectivity index (χ2v) is 7.49. The molecule has 5 atom stereocenters. The van der Waals surface area contributed by atoms with E-state index < -0.39 is 48.5 Å². The third kappa shape index (κ3) is 4.19. The van der Waals surface area contributed by atoms with Gasteiger partial charge in [0.05, 0.1) is 13.7 Å². The van der Waals surface area contributed by atoms with Gasteiger partial charge in [0.25, 0.3) is 0 Å². The first-order valence-corrected chi connectivity index (χ1v) is 9.89. The molecule has 1 aliphatic heterocycles. The van der Waals surface area contributed by atoms with Crippen molar-refractivity contribution in [3.63, 3.8) is 0 Å². The molecule has 1 aromatic heterocycles. The molecule has 176 valence electrons. The molecular weight excluding hydrogens is 440 g/mol. The second kappa shape index (κ2) is 8.89. The summed E-state index contributed by atoms with van der Waals surface area (Å²) in [7, 11) is 1.35. The monoisotopic (exact) mass is 462 g/mol. The van der Waals surface area contributed by atoms with Gasteiger partial charge in [-0.25, -0.2) is 0 Å². The van der Waals surface area contributed by atoms with Crippen molar-refractivity contribution < 1.29 is 49.3 Å². The zero-order valence-corrected chi connectivity index (χ0v) is 17.3. The van der Waals surface area contributed by atoms with Crippen molar-refractivity contribution in [1.29, 1.82) is 0 Å². The van der Waals surface area contributed by atoms with Crippen LogP contribution in [0.25, 0.3) is 22.3 Å². The molecule has 0 amide bonds. The minimum Gasteiger partial charge on any atom is -0.508 e. The Hall–Kier alpha value is -3.35. The Kier molecular flexibility index (Phi) is 6.15. The molecule has 0 spiro atoms. The number of aliphatic hydroxyl groups is 4. The molecular formula is C22H22O11. The fourth-order valence-electron chi connectivity index (χ4n) is 3.60. The lowest BCUT2D eigenvalue weighted by Crippen LogP contribution is -2.60. The fraction of sp³-hybridized carbons (Fsp3) is 0.318. The summed E-state index contributed by atoms with van der Waals surface area (Å²) in [4.78, 5) is 12.5. The van der Waals surface area contributed by atoms with Crippen LogP contribution in [0, 0.1) is 0 Å². The van der Waals surface area contributed by atoms with Crippen LogP contribution in [0.1, 0.15) is 0 Å². The predicted molar refractivity (Wildman–Crippen MR) is 112 cm³/mol. The average molecular weight is 462 g/mol. The number of ether oxygens (including phenoxy) is 3. The van der Waals surface area contributed by atoms with E-state index in [1.165, 1.54) is 37.4 Å². The van der Waals surface area contributed by atoms with Crippen molar-refractivity contribution in [3.05, 3.63) is 46.6 Å². The summed E-state index contributed by atoms with van der Waals surface area (Å²) in [6.07, 6.45) is -7.29. The second-order valence-electron chi connectivity index (χ2n) is 7.49. The van der Waals surface area contributed by atoms with E-state index in [-0.39, 0.29) is 34.0 Å². The molecule has 0 radical (unpaired) electrons. The standard InChI is InChI=1S/C22H22O11/c1-30-15-4-9(14-7-12(26)18-11(25)5-10(24)6-16(18)31-14)2-3-13(15)32-22-21(29)20(28)19(27)17(8-23)33-22/h2-7,17,19-25,27-29H,8H2,1H3/t17-,19-,20+,21-,22+/m1/s1. The van der Waals surface area contributed by atoms with Crippen LogP contribution in [0.15, 0.2) is 45.6 Å². The van der Waals surface area contributed by atoms with E-state index in [0.717, 1.165) is 6.07 Å². The maximum absolute atomic E-state index is 12.5. The molecule has 11 heteroatoms. The molecule has 2 aromatic carbocycles. The number of hydrogen-bond donors (Lipinski definition) is 6. The maximum atomic E-state index is 12.5. The van der Waals surface area contributed by atoms with Crippen LogP contribution < -0.4 is 14.9 Å². The number of methoxy groups -OCH3 is 1. The molecule has 0 bridgehead atoms.